The zero-order valence-electron chi connectivity index (χ0n) is 10.5. The van der Waals surface area contributed by atoms with E-state index in [0.29, 0.717) is 19.4 Å². The molecular formula is C12H19N3O3. The number of carbonyl (C=O) groups is 1. The zero-order valence-corrected chi connectivity index (χ0v) is 10.5. The van der Waals surface area contributed by atoms with Gasteiger partial charge in [-0.25, -0.2) is 9.48 Å². The Morgan fingerprint density at radius 3 is 2.89 bits per heavy atom. The van der Waals surface area contributed by atoms with E-state index in [1.807, 2.05) is 0 Å². The number of aliphatic carboxylic acids is 1. The molecule has 0 radical (unpaired) electrons. The molecule has 6 heteroatoms. The van der Waals surface area contributed by atoms with E-state index in [2.05, 4.69) is 5.10 Å². The molecule has 1 aliphatic rings. The highest BCUT2D eigenvalue weighted by molar-refractivity contribution is 5.66. The molecule has 0 fully saturated rings. The normalized spacial score (nSPS) is 15.1. The first kappa shape index (κ1) is 12.9. The quantitative estimate of drug-likeness (QED) is 0.795. The topological polar surface area (TPSA) is 77.1 Å². The summed E-state index contributed by atoms with van der Waals surface area (Å²) >= 11 is 0. The molecule has 0 spiro atoms. The molecule has 6 nitrogen and oxygen atoms in total. The van der Waals surface area contributed by atoms with Crippen molar-refractivity contribution in [3.05, 3.63) is 16.3 Å². The second kappa shape index (κ2) is 5.84. The molecule has 0 unspecified atom stereocenters. The molecule has 0 bridgehead atoms. The predicted molar refractivity (Wildman–Crippen MR) is 65.5 cm³/mol. The van der Waals surface area contributed by atoms with Crippen LogP contribution in [0.25, 0.3) is 0 Å². The molecule has 18 heavy (non-hydrogen) atoms. The summed E-state index contributed by atoms with van der Waals surface area (Å²) in [4.78, 5) is 22.4. The molecule has 2 rings (SSSR count). The van der Waals surface area contributed by atoms with Crippen LogP contribution in [0, 0.1) is 0 Å². The van der Waals surface area contributed by atoms with E-state index < -0.39 is 5.97 Å². The fourth-order valence-electron chi connectivity index (χ4n) is 2.31. The van der Waals surface area contributed by atoms with Crippen molar-refractivity contribution in [2.75, 3.05) is 0 Å². The minimum atomic E-state index is -0.789. The Morgan fingerprint density at radius 1 is 1.28 bits per heavy atom. The molecule has 0 saturated carbocycles. The Bertz CT molecular complexity index is 475. The minimum absolute atomic E-state index is 0.0396. The van der Waals surface area contributed by atoms with E-state index in [9.17, 15) is 9.59 Å². The number of rotatable bonds is 5. The van der Waals surface area contributed by atoms with Gasteiger partial charge in [-0.1, -0.05) is 6.42 Å². The van der Waals surface area contributed by atoms with E-state index in [1.54, 1.807) is 4.57 Å². The fourth-order valence-corrected chi connectivity index (χ4v) is 2.31. The van der Waals surface area contributed by atoms with Gasteiger partial charge in [0, 0.05) is 25.9 Å². The van der Waals surface area contributed by atoms with Gasteiger partial charge in [-0.3, -0.25) is 9.36 Å². The standard InChI is InChI=1S/C12H19N3O3/c16-11(17)7-3-5-9-15-12(18)14-8-4-1-2-6-10(14)13-15/h1-9H2,(H,16,17). The highest BCUT2D eigenvalue weighted by Gasteiger charge is 2.15. The lowest BCUT2D eigenvalue weighted by Crippen LogP contribution is -2.25. The molecule has 1 aliphatic heterocycles. The monoisotopic (exact) mass is 253 g/mol. The average molecular weight is 253 g/mol. The van der Waals surface area contributed by atoms with Crippen LogP contribution in [0.2, 0.25) is 0 Å². The van der Waals surface area contributed by atoms with Crippen LogP contribution >= 0.6 is 0 Å². The summed E-state index contributed by atoms with van der Waals surface area (Å²) in [6, 6.07) is 0. The van der Waals surface area contributed by atoms with Crippen LogP contribution in [0.4, 0.5) is 0 Å². The lowest BCUT2D eigenvalue weighted by molar-refractivity contribution is -0.137. The minimum Gasteiger partial charge on any atom is -0.481 e. The van der Waals surface area contributed by atoms with Gasteiger partial charge in [-0.2, -0.15) is 5.10 Å². The number of fused-ring (bicyclic) bond motifs is 1. The van der Waals surface area contributed by atoms with Crippen molar-refractivity contribution in [3.63, 3.8) is 0 Å². The molecule has 100 valence electrons. The lowest BCUT2D eigenvalue weighted by Gasteiger charge is -1.99. The highest BCUT2D eigenvalue weighted by atomic mass is 16.4. The summed E-state index contributed by atoms with van der Waals surface area (Å²) < 4.78 is 3.26. The van der Waals surface area contributed by atoms with Crippen molar-refractivity contribution in [2.24, 2.45) is 0 Å². The van der Waals surface area contributed by atoms with Crippen LogP contribution in [0.1, 0.15) is 44.3 Å². The van der Waals surface area contributed by atoms with Crippen molar-refractivity contribution in [1.82, 2.24) is 14.3 Å². The molecule has 0 aromatic carbocycles. The molecule has 2 heterocycles. The summed E-state index contributed by atoms with van der Waals surface area (Å²) in [6.45, 7) is 1.29. The first-order chi connectivity index (χ1) is 8.68. The molecule has 0 saturated heterocycles. The maximum absolute atomic E-state index is 12.0. The Labute approximate surface area is 105 Å². The molecule has 0 amide bonds. The summed E-state index contributed by atoms with van der Waals surface area (Å²) in [5.74, 6) is 0.0960. The SMILES string of the molecule is O=C(O)CCCCn1nc2n(c1=O)CCCCC2. The van der Waals surface area contributed by atoms with Gasteiger partial charge in [0.15, 0.2) is 0 Å². The molecule has 1 aromatic rings. The van der Waals surface area contributed by atoms with Crippen molar-refractivity contribution in [1.29, 1.82) is 0 Å². The molecule has 0 atom stereocenters. The van der Waals surface area contributed by atoms with Gasteiger partial charge in [-0.15, -0.1) is 0 Å². The van der Waals surface area contributed by atoms with Crippen LogP contribution in [-0.4, -0.2) is 25.4 Å². The van der Waals surface area contributed by atoms with E-state index in [-0.39, 0.29) is 12.1 Å². The number of carboxylic acids is 1. The number of unbranched alkanes of at least 4 members (excludes halogenated alkanes) is 1. The summed E-state index contributed by atoms with van der Waals surface area (Å²) in [6.07, 6.45) is 5.58. The smallest absolute Gasteiger partial charge is 0.345 e. The van der Waals surface area contributed by atoms with Crippen molar-refractivity contribution >= 4 is 5.97 Å². The van der Waals surface area contributed by atoms with Gasteiger partial charge in [0.1, 0.15) is 5.82 Å². The van der Waals surface area contributed by atoms with Gasteiger partial charge < -0.3 is 5.11 Å². The maximum atomic E-state index is 12.0. The summed E-state index contributed by atoms with van der Waals surface area (Å²) in [5.41, 5.74) is -0.0396. The van der Waals surface area contributed by atoms with Gasteiger partial charge in [-0.05, 0) is 25.7 Å². The maximum Gasteiger partial charge on any atom is 0.345 e. The molecular weight excluding hydrogens is 234 g/mol. The Balaban J connectivity index is 1.97. The number of carboxylic acid groups (broad SMARTS) is 1. The lowest BCUT2D eigenvalue weighted by atomic mass is 10.2. The predicted octanol–water partition coefficient (Wildman–Crippen LogP) is 1.03. The second-order valence-corrected chi connectivity index (χ2v) is 4.74. The largest absolute Gasteiger partial charge is 0.481 e. The van der Waals surface area contributed by atoms with Crippen LogP contribution in [0.3, 0.4) is 0 Å². The average Bonchev–Trinajstić information content (AvgIpc) is 2.53. The van der Waals surface area contributed by atoms with Crippen molar-refractivity contribution < 1.29 is 9.90 Å². The number of nitrogens with zero attached hydrogens (tertiary/aromatic N) is 3. The Morgan fingerprint density at radius 2 is 2.11 bits per heavy atom. The molecule has 0 aliphatic carbocycles. The van der Waals surface area contributed by atoms with E-state index in [4.69, 9.17) is 5.11 Å². The summed E-state index contributed by atoms with van der Waals surface area (Å²) in [7, 11) is 0. The third kappa shape index (κ3) is 3.00. The summed E-state index contributed by atoms with van der Waals surface area (Å²) in [5, 5.41) is 12.9. The van der Waals surface area contributed by atoms with Crippen LogP contribution in [0.15, 0.2) is 4.79 Å². The Kier molecular flexibility index (Phi) is 4.17. The highest BCUT2D eigenvalue weighted by Crippen LogP contribution is 2.10. The molecule has 1 N–H and O–H groups in total. The first-order valence-electron chi connectivity index (χ1n) is 6.57. The third-order valence-corrected chi connectivity index (χ3v) is 3.29. The first-order valence-corrected chi connectivity index (χ1v) is 6.57. The van der Waals surface area contributed by atoms with Crippen LogP contribution < -0.4 is 5.69 Å². The number of hydrogen-bond acceptors (Lipinski definition) is 3. The van der Waals surface area contributed by atoms with Crippen LogP contribution in [0.5, 0.6) is 0 Å². The third-order valence-electron chi connectivity index (χ3n) is 3.29. The number of aromatic nitrogens is 3. The Hall–Kier alpha value is -1.59. The van der Waals surface area contributed by atoms with Gasteiger partial charge in [0.25, 0.3) is 0 Å². The second-order valence-electron chi connectivity index (χ2n) is 4.74. The fraction of sp³-hybridized carbons (Fsp3) is 0.750. The van der Waals surface area contributed by atoms with Crippen LogP contribution in [-0.2, 0) is 24.3 Å². The van der Waals surface area contributed by atoms with E-state index >= 15 is 0 Å². The van der Waals surface area contributed by atoms with E-state index in [1.165, 1.54) is 4.68 Å². The van der Waals surface area contributed by atoms with Gasteiger partial charge in [0.2, 0.25) is 0 Å². The number of aryl methyl sites for hydroxylation is 2. The van der Waals surface area contributed by atoms with Gasteiger partial charge in [0.05, 0.1) is 0 Å². The number of hydrogen-bond donors (Lipinski definition) is 1. The zero-order chi connectivity index (χ0) is 13.0. The van der Waals surface area contributed by atoms with E-state index in [0.717, 1.165) is 38.1 Å². The van der Waals surface area contributed by atoms with Crippen molar-refractivity contribution in [2.45, 2.75) is 58.0 Å². The molecule has 1 aromatic heterocycles. The van der Waals surface area contributed by atoms with Crippen molar-refractivity contribution in [3.8, 4) is 0 Å². The van der Waals surface area contributed by atoms with Gasteiger partial charge >= 0.3 is 11.7 Å².